The van der Waals surface area contributed by atoms with E-state index in [1.54, 1.807) is 0 Å². The van der Waals surface area contributed by atoms with Crippen LogP contribution in [0.1, 0.15) is 27.2 Å². The van der Waals surface area contributed by atoms with Crippen molar-refractivity contribution < 1.29 is 9.53 Å². The molecule has 1 aromatic rings. The first-order chi connectivity index (χ1) is 9.56. The van der Waals surface area contributed by atoms with Crippen molar-refractivity contribution in [3.8, 4) is 0 Å². The number of nitrogens with one attached hydrogen (secondary N) is 1. The summed E-state index contributed by atoms with van der Waals surface area (Å²) in [6.07, 6.45) is 3.02. The first-order valence-corrected chi connectivity index (χ1v) is 7.22. The minimum atomic E-state index is -0.373. The zero-order valence-electron chi connectivity index (χ0n) is 12.4. The lowest BCUT2D eigenvalue weighted by molar-refractivity contribution is 0.106. The Balaban J connectivity index is 1.84. The molecule has 0 spiro atoms. The molecule has 20 heavy (non-hydrogen) atoms. The van der Waals surface area contributed by atoms with Gasteiger partial charge in [-0.25, -0.2) is 4.79 Å². The highest BCUT2D eigenvalue weighted by molar-refractivity contribution is 5.84. The first kappa shape index (κ1) is 14.6. The summed E-state index contributed by atoms with van der Waals surface area (Å²) in [6, 6.07) is 9.37. The smallest absolute Gasteiger partial charge is 0.411 e. The van der Waals surface area contributed by atoms with E-state index in [1.165, 1.54) is 5.57 Å². The molecule has 3 heteroatoms. The van der Waals surface area contributed by atoms with E-state index in [1.807, 2.05) is 30.3 Å². The standard InChI is InChI=1S/C17H23NO2/c1-12-9-13(2)16(14(3)10-12)11-20-17(19)18-15-7-5-4-6-8-15/h4-9,13-14,16H,10-11H2,1-3H3,(H,18,19)/t13-,14-,16+/m0/s1. The van der Waals surface area contributed by atoms with Crippen molar-refractivity contribution in [2.45, 2.75) is 27.2 Å². The maximum absolute atomic E-state index is 11.8. The zero-order chi connectivity index (χ0) is 14.5. The molecule has 3 nitrogen and oxygen atoms in total. The van der Waals surface area contributed by atoms with Gasteiger partial charge in [-0.2, -0.15) is 0 Å². The van der Waals surface area contributed by atoms with E-state index < -0.39 is 0 Å². The van der Waals surface area contributed by atoms with Crippen LogP contribution in [-0.4, -0.2) is 12.7 Å². The average Bonchev–Trinajstić information content (AvgIpc) is 2.38. The number of benzene rings is 1. The number of allylic oxidation sites excluding steroid dienone is 2. The molecule has 0 aliphatic heterocycles. The van der Waals surface area contributed by atoms with E-state index in [4.69, 9.17) is 4.74 Å². The van der Waals surface area contributed by atoms with Crippen molar-refractivity contribution >= 4 is 11.8 Å². The van der Waals surface area contributed by atoms with Crippen LogP contribution in [0.4, 0.5) is 10.5 Å². The molecule has 0 saturated carbocycles. The lowest BCUT2D eigenvalue weighted by Gasteiger charge is -2.32. The van der Waals surface area contributed by atoms with Gasteiger partial charge in [-0.1, -0.05) is 43.7 Å². The normalized spacial score (nSPS) is 25.8. The molecule has 0 heterocycles. The van der Waals surface area contributed by atoms with Crippen LogP contribution in [0.15, 0.2) is 42.0 Å². The van der Waals surface area contributed by atoms with Gasteiger partial charge in [0.05, 0.1) is 6.61 Å². The van der Waals surface area contributed by atoms with Gasteiger partial charge >= 0.3 is 6.09 Å². The van der Waals surface area contributed by atoms with Crippen molar-refractivity contribution in [2.75, 3.05) is 11.9 Å². The Kier molecular flexibility index (Phi) is 4.83. The van der Waals surface area contributed by atoms with Gasteiger partial charge < -0.3 is 4.74 Å². The molecule has 108 valence electrons. The maximum atomic E-state index is 11.8. The second-order valence-corrected chi connectivity index (χ2v) is 5.81. The van der Waals surface area contributed by atoms with Gasteiger partial charge in [0.15, 0.2) is 0 Å². The summed E-state index contributed by atoms with van der Waals surface area (Å²) >= 11 is 0. The summed E-state index contributed by atoms with van der Waals surface area (Å²) in [5.74, 6) is 1.42. The van der Waals surface area contributed by atoms with Gasteiger partial charge in [0.2, 0.25) is 0 Å². The van der Waals surface area contributed by atoms with Crippen molar-refractivity contribution in [1.29, 1.82) is 0 Å². The van der Waals surface area contributed by atoms with E-state index in [9.17, 15) is 4.79 Å². The third-order valence-corrected chi connectivity index (χ3v) is 4.02. The molecule has 2 rings (SSSR count). The third kappa shape index (κ3) is 3.86. The van der Waals surface area contributed by atoms with Crippen LogP contribution in [0, 0.1) is 17.8 Å². The molecule has 1 aliphatic rings. The molecule has 1 amide bonds. The Morgan fingerprint density at radius 2 is 2.00 bits per heavy atom. The highest BCUT2D eigenvalue weighted by Crippen LogP contribution is 2.33. The Hall–Kier alpha value is -1.77. The SMILES string of the molecule is CC1=C[C@H](C)[C@@H](COC(=O)Nc2ccccc2)[C@@H](C)C1. The summed E-state index contributed by atoms with van der Waals surface area (Å²) in [5.41, 5.74) is 2.20. The number of anilines is 1. The van der Waals surface area contributed by atoms with Gasteiger partial charge in [0, 0.05) is 11.6 Å². The number of hydrogen-bond donors (Lipinski definition) is 1. The van der Waals surface area contributed by atoms with Crippen molar-refractivity contribution in [1.82, 2.24) is 0 Å². The highest BCUT2D eigenvalue weighted by atomic mass is 16.5. The fraction of sp³-hybridized carbons (Fsp3) is 0.471. The molecule has 1 N–H and O–H groups in total. The largest absolute Gasteiger partial charge is 0.449 e. The molecule has 0 radical (unpaired) electrons. The molecular weight excluding hydrogens is 250 g/mol. The van der Waals surface area contributed by atoms with Crippen molar-refractivity contribution in [2.24, 2.45) is 17.8 Å². The van der Waals surface area contributed by atoms with Gasteiger partial charge in [0.25, 0.3) is 0 Å². The van der Waals surface area contributed by atoms with Crippen LogP contribution in [0.2, 0.25) is 0 Å². The molecular formula is C17H23NO2. The fourth-order valence-corrected chi connectivity index (χ4v) is 2.98. The van der Waals surface area contributed by atoms with Crippen LogP contribution in [0.3, 0.4) is 0 Å². The number of carbonyl (C=O) groups is 1. The number of para-hydroxylation sites is 1. The van der Waals surface area contributed by atoms with E-state index >= 15 is 0 Å². The van der Waals surface area contributed by atoms with E-state index in [0.717, 1.165) is 12.1 Å². The Morgan fingerprint density at radius 3 is 2.65 bits per heavy atom. The van der Waals surface area contributed by atoms with Gasteiger partial charge in [-0.3, -0.25) is 5.32 Å². The maximum Gasteiger partial charge on any atom is 0.411 e. The van der Waals surface area contributed by atoms with Crippen molar-refractivity contribution in [3.63, 3.8) is 0 Å². The van der Waals surface area contributed by atoms with Crippen LogP contribution in [-0.2, 0) is 4.74 Å². The molecule has 3 atom stereocenters. The lowest BCUT2D eigenvalue weighted by Crippen LogP contribution is -2.29. The van der Waals surface area contributed by atoms with Crippen LogP contribution in [0.25, 0.3) is 0 Å². The van der Waals surface area contributed by atoms with Crippen LogP contribution >= 0.6 is 0 Å². The molecule has 0 bridgehead atoms. The second-order valence-electron chi connectivity index (χ2n) is 5.81. The number of amides is 1. The molecule has 0 aromatic heterocycles. The molecule has 1 aliphatic carbocycles. The summed E-state index contributed by atoms with van der Waals surface area (Å²) in [5, 5.41) is 2.74. The van der Waals surface area contributed by atoms with E-state index in [-0.39, 0.29) is 6.09 Å². The fourth-order valence-electron chi connectivity index (χ4n) is 2.98. The van der Waals surface area contributed by atoms with E-state index in [0.29, 0.717) is 24.4 Å². The molecule has 0 unspecified atom stereocenters. The Labute approximate surface area is 121 Å². The highest BCUT2D eigenvalue weighted by Gasteiger charge is 2.27. The third-order valence-electron chi connectivity index (χ3n) is 4.02. The quantitative estimate of drug-likeness (QED) is 0.825. The number of rotatable bonds is 3. The number of hydrogen-bond acceptors (Lipinski definition) is 2. The lowest BCUT2D eigenvalue weighted by atomic mass is 9.75. The topological polar surface area (TPSA) is 38.3 Å². The van der Waals surface area contributed by atoms with E-state index in [2.05, 4.69) is 32.2 Å². The predicted octanol–water partition coefficient (Wildman–Crippen LogP) is 4.47. The minimum absolute atomic E-state index is 0.373. The van der Waals surface area contributed by atoms with Crippen LogP contribution in [0.5, 0.6) is 0 Å². The Morgan fingerprint density at radius 1 is 1.30 bits per heavy atom. The second kappa shape index (κ2) is 6.60. The van der Waals surface area contributed by atoms with Gasteiger partial charge in [0.1, 0.15) is 0 Å². The predicted molar refractivity (Wildman–Crippen MR) is 81.6 cm³/mol. The molecule has 0 saturated heterocycles. The zero-order valence-corrected chi connectivity index (χ0v) is 12.4. The first-order valence-electron chi connectivity index (χ1n) is 7.22. The average molecular weight is 273 g/mol. The molecule has 0 fully saturated rings. The summed E-state index contributed by atoms with van der Waals surface area (Å²) < 4.78 is 5.38. The van der Waals surface area contributed by atoms with Crippen molar-refractivity contribution in [3.05, 3.63) is 42.0 Å². The monoisotopic (exact) mass is 273 g/mol. The number of ether oxygens (including phenoxy) is 1. The minimum Gasteiger partial charge on any atom is -0.449 e. The van der Waals surface area contributed by atoms with Gasteiger partial charge in [-0.15, -0.1) is 0 Å². The Bertz CT molecular complexity index is 481. The number of carbonyl (C=O) groups excluding carboxylic acids is 1. The summed E-state index contributed by atoms with van der Waals surface area (Å²) in [6.45, 7) is 7.08. The summed E-state index contributed by atoms with van der Waals surface area (Å²) in [7, 11) is 0. The van der Waals surface area contributed by atoms with Crippen LogP contribution < -0.4 is 5.32 Å². The van der Waals surface area contributed by atoms with Gasteiger partial charge in [-0.05, 0) is 37.3 Å². The molecule has 1 aromatic carbocycles. The summed E-state index contributed by atoms with van der Waals surface area (Å²) in [4.78, 5) is 11.8.